The quantitative estimate of drug-likeness (QED) is 0.645. The smallest absolute Gasteiger partial charge is 0.309 e. The van der Waals surface area contributed by atoms with Crippen LogP contribution in [0.25, 0.3) is 0 Å². The van der Waals surface area contributed by atoms with Crippen molar-refractivity contribution < 1.29 is 14.3 Å². The van der Waals surface area contributed by atoms with Crippen molar-refractivity contribution in [3.05, 3.63) is 23.8 Å². The predicted octanol–water partition coefficient (Wildman–Crippen LogP) is 1.27. The summed E-state index contributed by atoms with van der Waals surface area (Å²) in [5.74, 6) is -0.399. The van der Waals surface area contributed by atoms with Crippen molar-refractivity contribution in [1.29, 1.82) is 0 Å². The van der Waals surface area contributed by atoms with E-state index in [4.69, 9.17) is 16.2 Å². The first kappa shape index (κ1) is 15.2. The third kappa shape index (κ3) is 3.45. The minimum atomic E-state index is -0.170. The van der Waals surface area contributed by atoms with E-state index >= 15 is 0 Å². The molecule has 6 nitrogen and oxygen atoms in total. The molecule has 0 spiro atoms. The highest BCUT2D eigenvalue weighted by Crippen LogP contribution is 2.23. The summed E-state index contributed by atoms with van der Waals surface area (Å²) in [6.07, 6.45) is 1.25. The highest BCUT2D eigenvalue weighted by molar-refractivity contribution is 5.99. The van der Waals surface area contributed by atoms with E-state index in [-0.39, 0.29) is 17.8 Å². The zero-order valence-electron chi connectivity index (χ0n) is 12.2. The van der Waals surface area contributed by atoms with Gasteiger partial charge in [-0.2, -0.15) is 0 Å². The molecule has 1 heterocycles. The lowest BCUT2D eigenvalue weighted by Gasteiger charge is -2.31. The standard InChI is InChI=1S/C15H21N3O3/c1-2-21-15(20)10-5-7-18(8-6-10)14(19)12-4-3-11(16)9-13(12)17/h3-4,9-10H,2,5-8,16-17H2,1H3. The Morgan fingerprint density at radius 2 is 1.95 bits per heavy atom. The van der Waals surface area contributed by atoms with Crippen molar-refractivity contribution in [2.45, 2.75) is 19.8 Å². The number of ether oxygens (including phenoxy) is 1. The molecule has 0 unspecified atom stereocenters. The van der Waals surface area contributed by atoms with Gasteiger partial charge in [-0.05, 0) is 38.0 Å². The number of nitrogen functional groups attached to an aromatic ring is 2. The van der Waals surface area contributed by atoms with E-state index in [1.165, 1.54) is 0 Å². The number of piperidine rings is 1. The summed E-state index contributed by atoms with van der Waals surface area (Å²) in [7, 11) is 0. The van der Waals surface area contributed by atoms with Crippen LogP contribution >= 0.6 is 0 Å². The Bertz CT molecular complexity index is 537. The van der Waals surface area contributed by atoms with Crippen molar-refractivity contribution in [2.75, 3.05) is 31.2 Å². The Labute approximate surface area is 124 Å². The highest BCUT2D eigenvalue weighted by atomic mass is 16.5. The maximum atomic E-state index is 12.4. The number of hydrogen-bond donors (Lipinski definition) is 2. The van der Waals surface area contributed by atoms with Gasteiger partial charge in [0.2, 0.25) is 0 Å². The first-order chi connectivity index (χ1) is 10.0. The van der Waals surface area contributed by atoms with Gasteiger partial charge in [0.1, 0.15) is 0 Å². The molecule has 0 aliphatic carbocycles. The van der Waals surface area contributed by atoms with E-state index in [2.05, 4.69) is 0 Å². The molecule has 4 N–H and O–H groups in total. The van der Waals surface area contributed by atoms with Crippen LogP contribution in [0.3, 0.4) is 0 Å². The molecule has 1 aliphatic rings. The molecule has 2 rings (SSSR count). The fourth-order valence-corrected chi connectivity index (χ4v) is 2.52. The number of carbonyl (C=O) groups is 2. The summed E-state index contributed by atoms with van der Waals surface area (Å²) in [4.78, 5) is 25.8. The van der Waals surface area contributed by atoms with Gasteiger partial charge in [-0.1, -0.05) is 0 Å². The first-order valence-corrected chi connectivity index (χ1v) is 7.13. The summed E-state index contributed by atoms with van der Waals surface area (Å²) in [6, 6.07) is 4.89. The van der Waals surface area contributed by atoms with Crippen LogP contribution in [0.15, 0.2) is 18.2 Å². The van der Waals surface area contributed by atoms with Gasteiger partial charge < -0.3 is 21.1 Å². The number of nitrogens with two attached hydrogens (primary N) is 2. The van der Waals surface area contributed by atoms with E-state index in [1.54, 1.807) is 30.0 Å². The molecule has 1 amide bonds. The van der Waals surface area contributed by atoms with Crippen LogP contribution in [0, 0.1) is 5.92 Å². The third-order valence-corrected chi connectivity index (χ3v) is 3.71. The van der Waals surface area contributed by atoms with Crippen LogP contribution in [0.1, 0.15) is 30.1 Å². The number of hydrogen-bond acceptors (Lipinski definition) is 5. The van der Waals surface area contributed by atoms with Gasteiger partial charge in [-0.25, -0.2) is 0 Å². The highest BCUT2D eigenvalue weighted by Gasteiger charge is 2.29. The fraction of sp³-hybridized carbons (Fsp3) is 0.467. The van der Waals surface area contributed by atoms with Gasteiger partial charge in [0.15, 0.2) is 0 Å². The molecule has 1 saturated heterocycles. The molecular formula is C15H21N3O3. The number of esters is 1. The molecule has 1 aromatic carbocycles. The van der Waals surface area contributed by atoms with E-state index < -0.39 is 0 Å². The van der Waals surface area contributed by atoms with Crippen molar-refractivity contribution in [1.82, 2.24) is 4.90 Å². The number of rotatable bonds is 3. The van der Waals surface area contributed by atoms with E-state index in [1.807, 2.05) is 0 Å². The lowest BCUT2D eigenvalue weighted by molar-refractivity contribution is -0.149. The van der Waals surface area contributed by atoms with Gasteiger partial charge in [0, 0.05) is 24.5 Å². The lowest BCUT2D eigenvalue weighted by Crippen LogP contribution is -2.40. The minimum Gasteiger partial charge on any atom is -0.466 e. The van der Waals surface area contributed by atoms with E-state index in [9.17, 15) is 9.59 Å². The van der Waals surface area contributed by atoms with Gasteiger partial charge in [0.05, 0.1) is 18.1 Å². The number of amides is 1. The number of carbonyl (C=O) groups excluding carboxylic acids is 2. The molecule has 1 aliphatic heterocycles. The summed E-state index contributed by atoms with van der Waals surface area (Å²) in [5, 5.41) is 0. The molecule has 0 radical (unpaired) electrons. The van der Waals surface area contributed by atoms with Crippen molar-refractivity contribution >= 4 is 23.3 Å². The predicted molar refractivity (Wildman–Crippen MR) is 80.5 cm³/mol. The second kappa shape index (κ2) is 6.47. The Balaban J connectivity index is 1.98. The fourth-order valence-electron chi connectivity index (χ4n) is 2.52. The second-order valence-electron chi connectivity index (χ2n) is 5.17. The van der Waals surface area contributed by atoms with E-state index in [0.29, 0.717) is 49.5 Å². The Morgan fingerprint density at radius 3 is 2.52 bits per heavy atom. The number of benzene rings is 1. The molecular weight excluding hydrogens is 270 g/mol. The first-order valence-electron chi connectivity index (χ1n) is 7.13. The Kier molecular flexibility index (Phi) is 4.67. The van der Waals surface area contributed by atoms with Crippen LogP contribution in [0.5, 0.6) is 0 Å². The molecule has 6 heteroatoms. The summed E-state index contributed by atoms with van der Waals surface area (Å²) >= 11 is 0. The number of nitrogens with zero attached hydrogens (tertiary/aromatic N) is 1. The number of anilines is 2. The number of likely N-dealkylation sites (tertiary alicyclic amines) is 1. The van der Waals surface area contributed by atoms with Crippen LogP contribution < -0.4 is 11.5 Å². The maximum Gasteiger partial charge on any atom is 0.309 e. The zero-order valence-corrected chi connectivity index (χ0v) is 12.2. The molecule has 114 valence electrons. The minimum absolute atomic E-state index is 0.113. The monoisotopic (exact) mass is 291 g/mol. The van der Waals surface area contributed by atoms with Gasteiger partial charge in [-0.15, -0.1) is 0 Å². The van der Waals surface area contributed by atoms with Crippen LogP contribution in [-0.2, 0) is 9.53 Å². The second-order valence-corrected chi connectivity index (χ2v) is 5.17. The van der Waals surface area contributed by atoms with Crippen molar-refractivity contribution in [3.63, 3.8) is 0 Å². The Hall–Kier alpha value is -2.24. The lowest BCUT2D eigenvalue weighted by atomic mass is 9.96. The summed E-state index contributed by atoms with van der Waals surface area (Å²) in [5.41, 5.74) is 12.8. The molecule has 0 bridgehead atoms. The van der Waals surface area contributed by atoms with Crippen LogP contribution in [0.2, 0.25) is 0 Å². The normalized spacial score (nSPS) is 15.8. The average Bonchev–Trinajstić information content (AvgIpc) is 2.47. The van der Waals surface area contributed by atoms with Crippen LogP contribution in [-0.4, -0.2) is 36.5 Å². The SMILES string of the molecule is CCOC(=O)C1CCN(C(=O)c2ccc(N)cc2N)CC1. The molecule has 21 heavy (non-hydrogen) atoms. The van der Waals surface area contributed by atoms with Crippen molar-refractivity contribution in [3.8, 4) is 0 Å². The average molecular weight is 291 g/mol. The molecule has 1 fully saturated rings. The molecule has 0 atom stereocenters. The summed E-state index contributed by atoms with van der Waals surface area (Å²) in [6.45, 7) is 3.25. The van der Waals surface area contributed by atoms with Crippen molar-refractivity contribution in [2.24, 2.45) is 5.92 Å². The summed E-state index contributed by atoms with van der Waals surface area (Å²) < 4.78 is 5.02. The molecule has 1 aromatic rings. The maximum absolute atomic E-state index is 12.4. The van der Waals surface area contributed by atoms with Gasteiger partial charge in [0.25, 0.3) is 5.91 Å². The third-order valence-electron chi connectivity index (χ3n) is 3.71. The molecule has 0 saturated carbocycles. The van der Waals surface area contributed by atoms with Gasteiger partial charge in [-0.3, -0.25) is 9.59 Å². The van der Waals surface area contributed by atoms with Crippen LogP contribution in [0.4, 0.5) is 11.4 Å². The topological polar surface area (TPSA) is 98.6 Å². The van der Waals surface area contributed by atoms with Gasteiger partial charge >= 0.3 is 5.97 Å². The van der Waals surface area contributed by atoms with E-state index in [0.717, 1.165) is 0 Å². The largest absolute Gasteiger partial charge is 0.466 e. The Morgan fingerprint density at radius 1 is 1.29 bits per heavy atom. The molecule has 0 aromatic heterocycles. The zero-order chi connectivity index (χ0) is 15.4.